The van der Waals surface area contributed by atoms with E-state index in [0.29, 0.717) is 0 Å². The van der Waals surface area contributed by atoms with Crippen molar-refractivity contribution in [1.29, 1.82) is 10.5 Å². The fourth-order valence-electron chi connectivity index (χ4n) is 1.84. The predicted molar refractivity (Wildman–Crippen MR) is 87.5 cm³/mol. The van der Waals surface area contributed by atoms with Crippen molar-refractivity contribution in [3.8, 4) is 17.9 Å². The fourth-order valence-corrected chi connectivity index (χ4v) is 3.04. The summed E-state index contributed by atoms with van der Waals surface area (Å²) in [7, 11) is -2.53. The minimum Gasteiger partial charge on any atom is -0.477 e. The Bertz CT molecular complexity index is 959. The van der Waals surface area contributed by atoms with Crippen LogP contribution in [0.4, 0.5) is 0 Å². The van der Waals surface area contributed by atoms with Crippen LogP contribution in [0.1, 0.15) is 11.1 Å². The summed E-state index contributed by atoms with van der Waals surface area (Å²) in [5, 5.41) is 17.9. The lowest BCUT2D eigenvalue weighted by atomic mass is 10.1. The first-order chi connectivity index (χ1) is 10.9. The van der Waals surface area contributed by atoms with E-state index >= 15 is 0 Å². The maximum Gasteiger partial charge on any atom is 0.221 e. The Balaban J connectivity index is 2.66. The van der Waals surface area contributed by atoms with Crippen molar-refractivity contribution in [1.82, 2.24) is 0 Å². The van der Waals surface area contributed by atoms with Gasteiger partial charge in [0.1, 0.15) is 27.6 Å². The SMILES string of the molecule is N#Cc1c(Cl)c(Cl)c(Cl)c(OC2C=CC=CC2=S(=O)=O)c1C#N. The molecule has 0 bridgehead atoms. The molecule has 1 aromatic rings. The van der Waals surface area contributed by atoms with Crippen molar-refractivity contribution in [3.05, 3.63) is 50.5 Å². The first kappa shape index (κ1) is 17.4. The molecular formula is C14H5Cl3N2O3S. The molecule has 0 radical (unpaired) electrons. The molecule has 9 heteroatoms. The first-order valence-electron chi connectivity index (χ1n) is 5.90. The van der Waals surface area contributed by atoms with Gasteiger partial charge in [0, 0.05) is 0 Å². The van der Waals surface area contributed by atoms with Crippen LogP contribution < -0.4 is 4.74 Å². The van der Waals surface area contributed by atoms with Gasteiger partial charge in [-0.3, -0.25) is 0 Å². The molecule has 0 heterocycles. The van der Waals surface area contributed by atoms with E-state index < -0.39 is 16.4 Å². The number of hydrogen-bond acceptors (Lipinski definition) is 5. The second-order valence-corrected chi connectivity index (χ2v) is 6.24. The molecule has 0 amide bonds. The van der Waals surface area contributed by atoms with E-state index in [9.17, 15) is 13.7 Å². The highest BCUT2D eigenvalue weighted by Gasteiger charge is 2.26. The highest BCUT2D eigenvalue weighted by molar-refractivity contribution is 7.73. The topological polar surface area (TPSA) is 90.9 Å². The Morgan fingerprint density at radius 1 is 1.00 bits per heavy atom. The lowest BCUT2D eigenvalue weighted by molar-refractivity contribution is 0.314. The van der Waals surface area contributed by atoms with Crippen LogP contribution in [0.25, 0.3) is 0 Å². The Hall–Kier alpha value is -1.96. The second-order valence-electron chi connectivity index (χ2n) is 4.16. The molecule has 1 unspecified atom stereocenters. The maximum atomic E-state index is 11.2. The fraction of sp³-hybridized carbons (Fsp3) is 0.0714. The third-order valence-corrected chi connectivity index (χ3v) is 4.94. The van der Waals surface area contributed by atoms with Crippen molar-refractivity contribution < 1.29 is 13.2 Å². The molecule has 23 heavy (non-hydrogen) atoms. The number of nitriles is 2. The molecule has 1 aliphatic rings. The highest BCUT2D eigenvalue weighted by atomic mass is 35.5. The summed E-state index contributed by atoms with van der Waals surface area (Å²) in [4.78, 5) is -0.0583. The lowest BCUT2D eigenvalue weighted by Gasteiger charge is -2.19. The standard InChI is InChI=1S/C14H5Cl3N2O3S/c15-11-7(5-18)8(6-19)14(13(17)12(11)16)22-9-3-1-2-4-10(9)23(20)21/h1-4,9H. The quantitative estimate of drug-likeness (QED) is 0.573. The van der Waals surface area contributed by atoms with E-state index in [2.05, 4.69) is 0 Å². The van der Waals surface area contributed by atoms with E-state index in [0.717, 1.165) is 0 Å². The molecule has 0 fully saturated rings. The predicted octanol–water partition coefficient (Wildman–Crippen LogP) is 3.32. The Labute approximate surface area is 148 Å². The lowest BCUT2D eigenvalue weighted by Crippen LogP contribution is -2.26. The summed E-state index contributed by atoms with van der Waals surface area (Å²) in [6.07, 6.45) is 4.89. The number of benzene rings is 1. The number of halogens is 3. The molecule has 0 N–H and O–H groups in total. The molecule has 0 saturated carbocycles. The third kappa shape index (κ3) is 3.21. The molecule has 1 atom stereocenters. The van der Waals surface area contributed by atoms with E-state index in [-0.39, 0.29) is 36.8 Å². The Morgan fingerprint density at radius 3 is 2.22 bits per heavy atom. The molecule has 0 aromatic heterocycles. The van der Waals surface area contributed by atoms with Gasteiger partial charge in [0.15, 0.2) is 11.9 Å². The summed E-state index contributed by atoms with van der Waals surface area (Å²) in [6, 6.07) is 3.53. The highest BCUT2D eigenvalue weighted by Crippen LogP contribution is 2.43. The maximum absolute atomic E-state index is 11.2. The van der Waals surface area contributed by atoms with Crippen LogP contribution in [-0.4, -0.2) is 19.4 Å². The van der Waals surface area contributed by atoms with E-state index in [1.165, 1.54) is 18.2 Å². The summed E-state index contributed by atoms with van der Waals surface area (Å²) in [5.74, 6) is -0.201. The van der Waals surface area contributed by atoms with Gasteiger partial charge < -0.3 is 4.74 Å². The monoisotopic (exact) mass is 386 g/mol. The molecule has 5 nitrogen and oxygen atoms in total. The van der Waals surface area contributed by atoms with Crippen LogP contribution in [-0.2, 0) is 10.3 Å². The van der Waals surface area contributed by atoms with E-state index in [1.54, 1.807) is 18.2 Å². The van der Waals surface area contributed by atoms with Crippen molar-refractivity contribution in [2.75, 3.05) is 0 Å². The molecule has 116 valence electrons. The minimum atomic E-state index is -2.53. The zero-order valence-corrected chi connectivity index (χ0v) is 14.1. The zero-order chi connectivity index (χ0) is 17.1. The summed E-state index contributed by atoms with van der Waals surface area (Å²) < 4.78 is 28.0. The van der Waals surface area contributed by atoms with E-state index in [1.807, 2.05) is 0 Å². The van der Waals surface area contributed by atoms with Crippen LogP contribution >= 0.6 is 34.8 Å². The second kappa shape index (κ2) is 7.08. The molecular weight excluding hydrogens is 383 g/mol. The third-order valence-electron chi connectivity index (χ3n) is 2.88. The summed E-state index contributed by atoms with van der Waals surface area (Å²) >= 11 is 17.9. The average molecular weight is 388 g/mol. The van der Waals surface area contributed by atoms with Gasteiger partial charge in [-0.15, -0.1) is 0 Å². The number of ether oxygens (including phenoxy) is 1. The van der Waals surface area contributed by atoms with Crippen molar-refractivity contribution in [2.24, 2.45) is 0 Å². The van der Waals surface area contributed by atoms with Gasteiger partial charge in [-0.25, -0.2) is 0 Å². The Kier molecular flexibility index (Phi) is 5.35. The van der Waals surface area contributed by atoms with Gasteiger partial charge >= 0.3 is 0 Å². The molecule has 0 aliphatic heterocycles. The summed E-state index contributed by atoms with van der Waals surface area (Å²) in [5.41, 5.74) is -0.412. The summed E-state index contributed by atoms with van der Waals surface area (Å²) in [6.45, 7) is 0. The molecule has 2 rings (SSSR count). The van der Waals surface area contributed by atoms with Gasteiger partial charge in [-0.1, -0.05) is 47.0 Å². The van der Waals surface area contributed by atoms with Crippen LogP contribution in [0, 0.1) is 22.7 Å². The number of nitrogens with zero attached hydrogens (tertiary/aromatic N) is 2. The van der Waals surface area contributed by atoms with Crippen molar-refractivity contribution in [2.45, 2.75) is 6.10 Å². The number of rotatable bonds is 2. The van der Waals surface area contributed by atoms with Crippen molar-refractivity contribution in [3.63, 3.8) is 0 Å². The largest absolute Gasteiger partial charge is 0.477 e. The van der Waals surface area contributed by atoms with E-state index in [4.69, 9.17) is 44.8 Å². The average Bonchev–Trinajstić information content (AvgIpc) is 2.55. The smallest absolute Gasteiger partial charge is 0.221 e. The van der Waals surface area contributed by atoms with Gasteiger partial charge in [-0.05, 0) is 12.2 Å². The molecule has 1 aliphatic carbocycles. The molecule has 1 aromatic carbocycles. The molecule has 0 saturated heterocycles. The first-order valence-corrected chi connectivity index (χ1v) is 8.11. The van der Waals surface area contributed by atoms with Crippen LogP contribution in [0.5, 0.6) is 5.75 Å². The minimum absolute atomic E-state index is 0.0583. The Morgan fingerprint density at radius 2 is 1.65 bits per heavy atom. The van der Waals surface area contributed by atoms with Gasteiger partial charge in [0.05, 0.1) is 15.6 Å². The van der Waals surface area contributed by atoms with Gasteiger partial charge in [0.25, 0.3) is 0 Å². The van der Waals surface area contributed by atoms with Crippen LogP contribution in [0.2, 0.25) is 15.1 Å². The normalized spacial score (nSPS) is 15.9. The number of allylic oxidation sites excluding steroid dienone is 2. The van der Waals surface area contributed by atoms with Gasteiger partial charge in [-0.2, -0.15) is 18.9 Å². The van der Waals surface area contributed by atoms with Crippen LogP contribution in [0.15, 0.2) is 24.3 Å². The number of hydrogen-bond donors (Lipinski definition) is 0. The van der Waals surface area contributed by atoms with Crippen molar-refractivity contribution >= 4 is 50.0 Å². The van der Waals surface area contributed by atoms with Crippen LogP contribution in [0.3, 0.4) is 0 Å². The zero-order valence-electron chi connectivity index (χ0n) is 11.0. The van der Waals surface area contributed by atoms with Gasteiger partial charge in [0.2, 0.25) is 10.3 Å². The molecule has 0 spiro atoms.